The van der Waals surface area contributed by atoms with Crippen LogP contribution in [0.25, 0.3) is 5.76 Å². The van der Waals surface area contributed by atoms with Crippen molar-refractivity contribution in [3.8, 4) is 5.75 Å². The highest BCUT2D eigenvalue weighted by Crippen LogP contribution is 2.41. The summed E-state index contributed by atoms with van der Waals surface area (Å²) in [5.41, 5.74) is 2.07. The highest BCUT2D eigenvalue weighted by atomic mass is 16.5. The predicted molar refractivity (Wildman–Crippen MR) is 127 cm³/mol. The molecule has 7 heteroatoms. The number of benzene rings is 1. The molecule has 4 rings (SSSR count). The van der Waals surface area contributed by atoms with Crippen molar-refractivity contribution in [1.29, 1.82) is 0 Å². The highest BCUT2D eigenvalue weighted by Gasteiger charge is 2.47. The summed E-state index contributed by atoms with van der Waals surface area (Å²) in [6.07, 6.45) is 3.26. The Kier molecular flexibility index (Phi) is 6.54. The van der Waals surface area contributed by atoms with Crippen LogP contribution < -0.4 is 4.74 Å². The molecule has 0 bridgehead atoms. The van der Waals surface area contributed by atoms with Crippen LogP contribution in [-0.2, 0) is 16.1 Å². The molecule has 1 N–H and O–H groups in total. The molecule has 1 amide bonds. The number of aliphatic hydroxyl groups excluding tert-OH is 1. The molecule has 34 heavy (non-hydrogen) atoms. The maximum absolute atomic E-state index is 13.2. The number of carbonyl (C=O) groups is 2. The summed E-state index contributed by atoms with van der Waals surface area (Å²) in [7, 11) is 0. The first-order valence-corrected chi connectivity index (χ1v) is 11.2. The number of aryl methyl sites for hydroxylation is 2. The molecule has 0 spiro atoms. The van der Waals surface area contributed by atoms with Crippen LogP contribution in [0.5, 0.6) is 5.75 Å². The Morgan fingerprint density at radius 3 is 2.47 bits per heavy atom. The van der Waals surface area contributed by atoms with Gasteiger partial charge >= 0.3 is 0 Å². The molecule has 1 aliphatic rings. The zero-order valence-corrected chi connectivity index (χ0v) is 19.7. The number of Topliss-reactive ketones (excluding diaryl/α,β-unsaturated/α-hetero) is 1. The number of hydrogen-bond donors (Lipinski definition) is 1. The van der Waals surface area contributed by atoms with Crippen LogP contribution in [0.1, 0.15) is 48.1 Å². The lowest BCUT2D eigenvalue weighted by atomic mass is 9.98. The lowest BCUT2D eigenvalue weighted by Gasteiger charge is -2.23. The SMILES string of the molecule is Cc1ccc(C2/C(=C(/O)c3ccc(OCC(C)C)c(C)c3)C(=O)C(=O)N2Cc2ccncc2)o1. The molecular weight excluding hydrogens is 432 g/mol. The van der Waals surface area contributed by atoms with E-state index in [2.05, 4.69) is 18.8 Å². The van der Waals surface area contributed by atoms with E-state index in [9.17, 15) is 14.7 Å². The van der Waals surface area contributed by atoms with E-state index in [4.69, 9.17) is 9.15 Å². The van der Waals surface area contributed by atoms with Gasteiger partial charge in [0.2, 0.25) is 0 Å². The van der Waals surface area contributed by atoms with Crippen LogP contribution in [0.15, 0.2) is 64.8 Å². The second-order valence-corrected chi connectivity index (χ2v) is 8.92. The van der Waals surface area contributed by atoms with Crippen molar-refractivity contribution in [3.05, 3.63) is 88.6 Å². The van der Waals surface area contributed by atoms with E-state index in [1.165, 1.54) is 4.90 Å². The molecule has 0 aliphatic carbocycles. The fourth-order valence-electron chi connectivity index (χ4n) is 3.99. The molecule has 176 valence electrons. The average Bonchev–Trinajstić information content (AvgIpc) is 3.34. The van der Waals surface area contributed by atoms with Gasteiger partial charge < -0.3 is 19.2 Å². The monoisotopic (exact) mass is 460 g/mol. The number of furan rings is 1. The van der Waals surface area contributed by atoms with Gasteiger partial charge in [0, 0.05) is 24.5 Å². The highest BCUT2D eigenvalue weighted by molar-refractivity contribution is 6.46. The number of likely N-dealkylation sites (tertiary alicyclic amines) is 1. The van der Waals surface area contributed by atoms with Crippen molar-refractivity contribution < 1.29 is 23.8 Å². The summed E-state index contributed by atoms with van der Waals surface area (Å²) >= 11 is 0. The van der Waals surface area contributed by atoms with E-state index in [0.717, 1.165) is 11.1 Å². The van der Waals surface area contributed by atoms with Crippen LogP contribution in [0.2, 0.25) is 0 Å². The van der Waals surface area contributed by atoms with Crippen LogP contribution in [0.4, 0.5) is 0 Å². The van der Waals surface area contributed by atoms with Gasteiger partial charge in [-0.1, -0.05) is 13.8 Å². The number of aliphatic hydroxyl groups is 1. The molecule has 1 unspecified atom stereocenters. The lowest BCUT2D eigenvalue weighted by Crippen LogP contribution is -2.29. The summed E-state index contributed by atoms with van der Waals surface area (Å²) in [5.74, 6) is 0.470. The summed E-state index contributed by atoms with van der Waals surface area (Å²) in [6, 6.07) is 11.4. The van der Waals surface area contributed by atoms with E-state index in [0.29, 0.717) is 35.4 Å². The minimum atomic E-state index is -0.848. The predicted octanol–water partition coefficient (Wildman–Crippen LogP) is 4.95. The molecule has 0 radical (unpaired) electrons. The van der Waals surface area contributed by atoms with Gasteiger partial charge in [-0.15, -0.1) is 0 Å². The third kappa shape index (κ3) is 4.59. The second-order valence-electron chi connectivity index (χ2n) is 8.92. The number of ether oxygens (including phenoxy) is 1. The van der Waals surface area contributed by atoms with Gasteiger partial charge in [-0.3, -0.25) is 14.6 Å². The molecule has 3 aromatic rings. The standard InChI is InChI=1S/C27H28N2O5/c1-16(2)15-33-21-8-6-20(13-17(21)3)25(30)23-24(22-7-5-18(4)34-22)29(27(32)26(23)31)14-19-9-11-28-12-10-19/h5-13,16,24,30H,14-15H2,1-4H3/b25-23-. The molecular formula is C27H28N2O5. The van der Waals surface area contributed by atoms with Gasteiger partial charge in [0.05, 0.1) is 12.2 Å². The average molecular weight is 461 g/mol. The summed E-state index contributed by atoms with van der Waals surface area (Å²) in [6.45, 7) is 8.55. The van der Waals surface area contributed by atoms with Crippen molar-refractivity contribution in [2.24, 2.45) is 5.92 Å². The Morgan fingerprint density at radius 2 is 1.85 bits per heavy atom. The van der Waals surface area contributed by atoms with Crippen molar-refractivity contribution in [3.63, 3.8) is 0 Å². The fraction of sp³-hybridized carbons (Fsp3) is 0.296. The summed E-state index contributed by atoms with van der Waals surface area (Å²) in [5, 5.41) is 11.3. The molecule has 1 aromatic carbocycles. The number of amides is 1. The van der Waals surface area contributed by atoms with Gasteiger partial charge in [0.1, 0.15) is 29.1 Å². The zero-order chi connectivity index (χ0) is 24.4. The number of hydrogen-bond acceptors (Lipinski definition) is 6. The maximum Gasteiger partial charge on any atom is 0.296 e. The molecule has 7 nitrogen and oxygen atoms in total. The lowest BCUT2D eigenvalue weighted by molar-refractivity contribution is -0.140. The number of ketones is 1. The molecule has 1 aliphatic heterocycles. The van der Waals surface area contributed by atoms with Gasteiger partial charge in [-0.05, 0) is 73.4 Å². The normalized spacial score (nSPS) is 17.6. The quantitative estimate of drug-likeness (QED) is 0.305. The van der Waals surface area contributed by atoms with Gasteiger partial charge in [-0.25, -0.2) is 0 Å². The van der Waals surface area contributed by atoms with Gasteiger partial charge in [0.15, 0.2) is 0 Å². The first kappa shape index (κ1) is 23.3. The molecule has 1 atom stereocenters. The minimum absolute atomic E-state index is 0.00338. The van der Waals surface area contributed by atoms with Crippen LogP contribution in [0, 0.1) is 19.8 Å². The topological polar surface area (TPSA) is 92.9 Å². The Labute approximate surface area is 198 Å². The Balaban J connectivity index is 1.77. The first-order valence-electron chi connectivity index (χ1n) is 11.2. The van der Waals surface area contributed by atoms with Crippen molar-refractivity contribution in [2.75, 3.05) is 6.61 Å². The van der Waals surface area contributed by atoms with Gasteiger partial charge in [-0.2, -0.15) is 0 Å². The van der Waals surface area contributed by atoms with Crippen LogP contribution in [-0.4, -0.2) is 33.3 Å². The number of aromatic nitrogens is 1. The Hall–Kier alpha value is -3.87. The smallest absolute Gasteiger partial charge is 0.296 e. The van der Waals surface area contributed by atoms with Crippen molar-refractivity contribution >= 4 is 17.4 Å². The largest absolute Gasteiger partial charge is 0.507 e. The molecule has 0 saturated carbocycles. The van der Waals surface area contributed by atoms with Crippen LogP contribution in [0.3, 0.4) is 0 Å². The van der Waals surface area contributed by atoms with E-state index >= 15 is 0 Å². The minimum Gasteiger partial charge on any atom is -0.507 e. The number of carbonyl (C=O) groups excluding carboxylic acids is 2. The zero-order valence-electron chi connectivity index (χ0n) is 19.7. The fourth-order valence-corrected chi connectivity index (χ4v) is 3.99. The third-order valence-electron chi connectivity index (χ3n) is 5.69. The summed E-state index contributed by atoms with van der Waals surface area (Å²) in [4.78, 5) is 31.7. The Morgan fingerprint density at radius 1 is 1.12 bits per heavy atom. The van der Waals surface area contributed by atoms with Gasteiger partial charge in [0.25, 0.3) is 11.7 Å². The van der Waals surface area contributed by atoms with E-state index in [-0.39, 0.29) is 17.9 Å². The Bertz CT molecular complexity index is 1240. The molecule has 1 fully saturated rings. The van der Waals surface area contributed by atoms with E-state index in [1.54, 1.807) is 61.8 Å². The van der Waals surface area contributed by atoms with Crippen molar-refractivity contribution in [2.45, 2.75) is 40.3 Å². The van der Waals surface area contributed by atoms with Crippen molar-refractivity contribution in [1.82, 2.24) is 9.88 Å². The summed E-state index contributed by atoms with van der Waals surface area (Å²) < 4.78 is 11.6. The second kappa shape index (κ2) is 9.55. The maximum atomic E-state index is 13.2. The molecule has 2 aromatic heterocycles. The number of pyridine rings is 1. The van der Waals surface area contributed by atoms with E-state index < -0.39 is 17.7 Å². The molecule has 1 saturated heterocycles. The van der Waals surface area contributed by atoms with E-state index in [1.807, 2.05) is 6.92 Å². The number of nitrogens with zero attached hydrogens (tertiary/aromatic N) is 2. The third-order valence-corrected chi connectivity index (χ3v) is 5.69. The number of rotatable bonds is 7. The molecule has 3 heterocycles. The van der Waals surface area contributed by atoms with Crippen LogP contribution >= 0.6 is 0 Å². The first-order chi connectivity index (χ1) is 16.3.